The van der Waals surface area contributed by atoms with E-state index in [2.05, 4.69) is 10.3 Å². The fraction of sp³-hybridized carbons (Fsp3) is 0.286. The molecule has 0 fully saturated rings. The van der Waals surface area contributed by atoms with Gasteiger partial charge in [0.2, 0.25) is 0 Å². The monoisotopic (exact) mass is 309 g/mol. The van der Waals surface area contributed by atoms with Gasteiger partial charge in [0.25, 0.3) is 5.91 Å². The van der Waals surface area contributed by atoms with E-state index in [4.69, 9.17) is 17.3 Å². The van der Waals surface area contributed by atoms with Crippen LogP contribution >= 0.6 is 22.9 Å². The lowest BCUT2D eigenvalue weighted by molar-refractivity contribution is 0.0935. The Balaban J connectivity index is 2.09. The number of carbonyl (C=O) groups excluding carboxylic acids is 1. The Kier molecular flexibility index (Phi) is 4.75. The van der Waals surface area contributed by atoms with Crippen LogP contribution in [0.15, 0.2) is 29.6 Å². The van der Waals surface area contributed by atoms with Gasteiger partial charge < -0.3 is 11.1 Å². The number of rotatable bonds is 4. The number of nitrogens with zero attached hydrogens (tertiary/aromatic N) is 1. The quantitative estimate of drug-likeness (QED) is 0.910. The molecule has 3 N–H and O–H groups in total. The Morgan fingerprint density at radius 2 is 2.10 bits per heavy atom. The minimum absolute atomic E-state index is 0.164. The lowest BCUT2D eigenvalue weighted by Crippen LogP contribution is -2.27. The van der Waals surface area contributed by atoms with Crippen molar-refractivity contribution in [2.45, 2.75) is 25.9 Å². The Bertz CT molecular complexity index is 612. The second kappa shape index (κ2) is 6.35. The normalized spacial score (nSPS) is 13.8. The Morgan fingerprint density at radius 3 is 2.70 bits per heavy atom. The molecule has 2 atom stereocenters. The molecule has 20 heavy (non-hydrogen) atoms. The van der Waals surface area contributed by atoms with Crippen molar-refractivity contribution in [1.82, 2.24) is 10.3 Å². The van der Waals surface area contributed by atoms with E-state index in [1.54, 1.807) is 11.4 Å². The van der Waals surface area contributed by atoms with E-state index in [1.165, 1.54) is 11.3 Å². The van der Waals surface area contributed by atoms with E-state index in [-0.39, 0.29) is 18.0 Å². The van der Waals surface area contributed by atoms with E-state index in [0.717, 1.165) is 10.6 Å². The first-order valence-electron chi connectivity index (χ1n) is 6.25. The van der Waals surface area contributed by atoms with Crippen molar-refractivity contribution in [1.29, 1.82) is 0 Å². The van der Waals surface area contributed by atoms with Crippen molar-refractivity contribution in [2.24, 2.45) is 5.73 Å². The SMILES string of the molecule is CC(N)c1nc(C(=O)NC(C)c2ccccc2Cl)cs1. The zero-order valence-electron chi connectivity index (χ0n) is 11.3. The lowest BCUT2D eigenvalue weighted by Gasteiger charge is -2.14. The van der Waals surface area contributed by atoms with Gasteiger partial charge in [0, 0.05) is 10.4 Å². The fourth-order valence-electron chi connectivity index (χ4n) is 1.78. The molecule has 0 aliphatic rings. The molecule has 0 saturated heterocycles. The zero-order chi connectivity index (χ0) is 14.7. The predicted molar refractivity (Wildman–Crippen MR) is 82.0 cm³/mol. The first kappa shape index (κ1) is 15.0. The van der Waals surface area contributed by atoms with E-state index in [9.17, 15) is 4.79 Å². The predicted octanol–water partition coefficient (Wildman–Crippen LogP) is 3.31. The number of hydrogen-bond donors (Lipinski definition) is 2. The zero-order valence-corrected chi connectivity index (χ0v) is 12.8. The van der Waals surface area contributed by atoms with E-state index in [1.807, 2.05) is 32.0 Å². The first-order chi connectivity index (χ1) is 9.49. The molecule has 6 heteroatoms. The second-order valence-corrected chi connectivity index (χ2v) is 5.87. The van der Waals surface area contributed by atoms with Crippen LogP contribution in [0.2, 0.25) is 5.02 Å². The number of thiazole rings is 1. The van der Waals surface area contributed by atoms with Crippen LogP contribution in [-0.2, 0) is 0 Å². The third-order valence-electron chi connectivity index (χ3n) is 2.86. The minimum atomic E-state index is -0.222. The number of nitrogens with one attached hydrogen (secondary N) is 1. The Morgan fingerprint density at radius 1 is 1.40 bits per heavy atom. The number of hydrogen-bond acceptors (Lipinski definition) is 4. The summed E-state index contributed by atoms with van der Waals surface area (Å²) in [7, 11) is 0. The van der Waals surface area contributed by atoms with Crippen LogP contribution in [0.3, 0.4) is 0 Å². The maximum absolute atomic E-state index is 12.1. The molecule has 1 heterocycles. The van der Waals surface area contributed by atoms with Gasteiger partial charge in [0.15, 0.2) is 0 Å². The number of benzene rings is 1. The lowest BCUT2D eigenvalue weighted by atomic mass is 10.1. The average Bonchev–Trinajstić information content (AvgIpc) is 2.88. The molecule has 2 rings (SSSR count). The highest BCUT2D eigenvalue weighted by Crippen LogP contribution is 2.23. The molecule has 0 radical (unpaired) electrons. The third kappa shape index (κ3) is 3.36. The summed E-state index contributed by atoms with van der Waals surface area (Å²) in [6, 6.07) is 7.09. The summed E-state index contributed by atoms with van der Waals surface area (Å²) in [6.45, 7) is 3.73. The Hall–Kier alpha value is -1.43. The van der Waals surface area contributed by atoms with Crippen molar-refractivity contribution in [3.05, 3.63) is 50.9 Å². The van der Waals surface area contributed by atoms with Gasteiger partial charge in [-0.3, -0.25) is 4.79 Å². The van der Waals surface area contributed by atoms with E-state index >= 15 is 0 Å². The first-order valence-corrected chi connectivity index (χ1v) is 7.51. The number of nitrogens with two attached hydrogens (primary N) is 1. The van der Waals surface area contributed by atoms with Gasteiger partial charge in [0.1, 0.15) is 10.7 Å². The van der Waals surface area contributed by atoms with Gasteiger partial charge in [-0.15, -0.1) is 11.3 Å². The van der Waals surface area contributed by atoms with Gasteiger partial charge in [-0.1, -0.05) is 29.8 Å². The summed E-state index contributed by atoms with van der Waals surface area (Å²) in [6.07, 6.45) is 0. The van der Waals surface area contributed by atoms with Gasteiger partial charge in [0.05, 0.1) is 12.1 Å². The average molecular weight is 310 g/mol. The molecule has 1 aromatic heterocycles. The Labute approximate surface area is 127 Å². The summed E-state index contributed by atoms with van der Waals surface area (Å²) >= 11 is 7.50. The van der Waals surface area contributed by atoms with Gasteiger partial charge in [-0.25, -0.2) is 4.98 Å². The largest absolute Gasteiger partial charge is 0.344 e. The van der Waals surface area contributed by atoms with Crippen LogP contribution in [0.1, 0.15) is 47.0 Å². The number of amides is 1. The van der Waals surface area contributed by atoms with Crippen LogP contribution in [-0.4, -0.2) is 10.9 Å². The molecule has 0 saturated carbocycles. The highest BCUT2D eigenvalue weighted by Gasteiger charge is 2.16. The molecule has 0 aliphatic heterocycles. The number of halogens is 1. The third-order valence-corrected chi connectivity index (χ3v) is 4.25. The fourth-order valence-corrected chi connectivity index (χ4v) is 2.83. The van der Waals surface area contributed by atoms with Gasteiger partial charge >= 0.3 is 0 Å². The van der Waals surface area contributed by atoms with Gasteiger partial charge in [-0.05, 0) is 25.5 Å². The molecular formula is C14H16ClN3OS. The molecule has 106 valence electrons. The topological polar surface area (TPSA) is 68.0 Å². The maximum atomic E-state index is 12.1. The standard InChI is InChI=1S/C14H16ClN3OS/c1-8(16)14-18-12(7-20-14)13(19)17-9(2)10-5-3-4-6-11(10)15/h3-9H,16H2,1-2H3,(H,17,19). The smallest absolute Gasteiger partial charge is 0.271 e. The maximum Gasteiger partial charge on any atom is 0.271 e. The van der Waals surface area contributed by atoms with Crippen molar-refractivity contribution >= 4 is 28.8 Å². The molecular weight excluding hydrogens is 294 g/mol. The van der Waals surface area contributed by atoms with Crippen LogP contribution in [0.5, 0.6) is 0 Å². The van der Waals surface area contributed by atoms with Gasteiger partial charge in [-0.2, -0.15) is 0 Å². The summed E-state index contributed by atoms with van der Waals surface area (Å²) in [5, 5.41) is 5.99. The highest BCUT2D eigenvalue weighted by atomic mass is 35.5. The van der Waals surface area contributed by atoms with Crippen LogP contribution in [0, 0.1) is 0 Å². The molecule has 0 spiro atoms. The number of aromatic nitrogens is 1. The van der Waals surface area contributed by atoms with Crippen molar-refractivity contribution in [3.8, 4) is 0 Å². The van der Waals surface area contributed by atoms with Crippen molar-refractivity contribution in [3.63, 3.8) is 0 Å². The minimum Gasteiger partial charge on any atom is -0.344 e. The molecule has 0 aliphatic carbocycles. The molecule has 0 bridgehead atoms. The van der Waals surface area contributed by atoms with Crippen LogP contribution in [0.4, 0.5) is 0 Å². The molecule has 1 amide bonds. The summed E-state index contributed by atoms with van der Waals surface area (Å²) in [5.41, 5.74) is 7.01. The number of carbonyl (C=O) groups is 1. The van der Waals surface area contributed by atoms with E-state index < -0.39 is 0 Å². The van der Waals surface area contributed by atoms with Crippen LogP contribution < -0.4 is 11.1 Å². The van der Waals surface area contributed by atoms with Crippen molar-refractivity contribution in [2.75, 3.05) is 0 Å². The van der Waals surface area contributed by atoms with E-state index in [0.29, 0.717) is 10.7 Å². The molecule has 1 aromatic carbocycles. The van der Waals surface area contributed by atoms with Crippen molar-refractivity contribution < 1.29 is 4.79 Å². The molecule has 4 nitrogen and oxygen atoms in total. The summed E-state index contributed by atoms with van der Waals surface area (Å²) in [5.74, 6) is -0.222. The highest BCUT2D eigenvalue weighted by molar-refractivity contribution is 7.09. The summed E-state index contributed by atoms with van der Waals surface area (Å²) < 4.78 is 0. The summed E-state index contributed by atoms with van der Waals surface area (Å²) in [4.78, 5) is 16.4. The second-order valence-electron chi connectivity index (χ2n) is 4.58. The van der Waals surface area contributed by atoms with Crippen LogP contribution in [0.25, 0.3) is 0 Å². The molecule has 2 aromatic rings. The molecule has 2 unspecified atom stereocenters.